The van der Waals surface area contributed by atoms with Gasteiger partial charge in [0.25, 0.3) is 0 Å². The number of likely N-dealkylation sites (tertiary alicyclic amines) is 1. The number of guanidine groups is 1. The van der Waals surface area contributed by atoms with E-state index in [-0.39, 0.29) is 11.9 Å². The van der Waals surface area contributed by atoms with Gasteiger partial charge >= 0.3 is 0 Å². The maximum atomic E-state index is 11.8. The maximum Gasteiger partial charge on any atom is 0.222 e. The quantitative estimate of drug-likeness (QED) is 0.558. The van der Waals surface area contributed by atoms with Crippen LogP contribution in [-0.2, 0) is 11.3 Å². The molecule has 1 aromatic rings. The Kier molecular flexibility index (Phi) is 7.55. The average Bonchev–Trinajstić information content (AvgIpc) is 3.08. The van der Waals surface area contributed by atoms with E-state index in [2.05, 4.69) is 31.6 Å². The van der Waals surface area contributed by atoms with E-state index in [0.29, 0.717) is 13.0 Å². The summed E-state index contributed by atoms with van der Waals surface area (Å²) in [7, 11) is 1.65. The molecule has 0 saturated carbocycles. The third kappa shape index (κ3) is 5.63. The SMILES string of the molecule is CCNC(=NCc1ccc(OC)c(Br)c1)NC1CCN(C(=O)CC)C1. The summed E-state index contributed by atoms with van der Waals surface area (Å²) in [6.07, 6.45) is 1.51. The van der Waals surface area contributed by atoms with Gasteiger partial charge in [0.05, 0.1) is 18.1 Å². The molecule has 0 spiro atoms. The first kappa shape index (κ1) is 19.6. The fourth-order valence-electron chi connectivity index (χ4n) is 2.82. The molecule has 2 rings (SSSR count). The summed E-state index contributed by atoms with van der Waals surface area (Å²) in [4.78, 5) is 18.4. The number of carbonyl (C=O) groups is 1. The summed E-state index contributed by atoms with van der Waals surface area (Å²) in [5.74, 6) is 1.81. The van der Waals surface area contributed by atoms with Gasteiger partial charge in [-0.1, -0.05) is 13.0 Å². The van der Waals surface area contributed by atoms with E-state index in [9.17, 15) is 4.79 Å². The molecule has 2 N–H and O–H groups in total. The van der Waals surface area contributed by atoms with Crippen LogP contribution in [0.15, 0.2) is 27.7 Å². The minimum Gasteiger partial charge on any atom is -0.496 e. The van der Waals surface area contributed by atoms with Gasteiger partial charge in [-0.25, -0.2) is 4.99 Å². The van der Waals surface area contributed by atoms with Crippen molar-refractivity contribution in [2.45, 2.75) is 39.3 Å². The molecule has 1 amide bonds. The molecule has 1 fully saturated rings. The number of carbonyl (C=O) groups excluding carboxylic acids is 1. The van der Waals surface area contributed by atoms with Gasteiger partial charge in [-0.2, -0.15) is 0 Å². The number of halogens is 1. The largest absolute Gasteiger partial charge is 0.496 e. The number of methoxy groups -OCH3 is 1. The van der Waals surface area contributed by atoms with Crippen molar-refractivity contribution in [3.8, 4) is 5.75 Å². The van der Waals surface area contributed by atoms with Crippen LogP contribution < -0.4 is 15.4 Å². The highest BCUT2D eigenvalue weighted by Crippen LogP contribution is 2.25. The molecule has 1 aliphatic rings. The van der Waals surface area contributed by atoms with Crippen LogP contribution in [0.3, 0.4) is 0 Å². The number of amides is 1. The Bertz CT molecular complexity index is 621. The molecule has 1 atom stereocenters. The van der Waals surface area contributed by atoms with Crippen molar-refractivity contribution in [1.82, 2.24) is 15.5 Å². The van der Waals surface area contributed by atoms with Crippen LogP contribution in [0.1, 0.15) is 32.3 Å². The Morgan fingerprint density at radius 3 is 2.88 bits per heavy atom. The highest BCUT2D eigenvalue weighted by atomic mass is 79.9. The van der Waals surface area contributed by atoms with Crippen LogP contribution in [0.2, 0.25) is 0 Å². The number of nitrogens with one attached hydrogen (secondary N) is 2. The van der Waals surface area contributed by atoms with Crippen molar-refractivity contribution in [3.63, 3.8) is 0 Å². The van der Waals surface area contributed by atoms with Gasteiger partial charge in [0.15, 0.2) is 5.96 Å². The van der Waals surface area contributed by atoms with Crippen molar-refractivity contribution in [2.75, 3.05) is 26.7 Å². The van der Waals surface area contributed by atoms with E-state index in [0.717, 1.165) is 47.8 Å². The topological polar surface area (TPSA) is 66.0 Å². The highest BCUT2D eigenvalue weighted by Gasteiger charge is 2.25. The van der Waals surface area contributed by atoms with Crippen molar-refractivity contribution in [1.29, 1.82) is 0 Å². The van der Waals surface area contributed by atoms with Crippen LogP contribution >= 0.6 is 15.9 Å². The number of hydrogen-bond acceptors (Lipinski definition) is 3. The predicted octanol–water partition coefficient (Wildman–Crippen LogP) is 2.52. The van der Waals surface area contributed by atoms with E-state index >= 15 is 0 Å². The molecule has 0 radical (unpaired) electrons. The molecule has 1 heterocycles. The molecule has 0 bridgehead atoms. The van der Waals surface area contributed by atoms with Crippen molar-refractivity contribution in [2.24, 2.45) is 4.99 Å². The van der Waals surface area contributed by atoms with Crippen LogP contribution in [0, 0.1) is 0 Å². The maximum absolute atomic E-state index is 11.8. The van der Waals surface area contributed by atoms with E-state index in [4.69, 9.17) is 4.74 Å². The van der Waals surface area contributed by atoms with Crippen molar-refractivity contribution in [3.05, 3.63) is 28.2 Å². The van der Waals surface area contributed by atoms with Crippen molar-refractivity contribution < 1.29 is 9.53 Å². The minimum atomic E-state index is 0.217. The zero-order valence-electron chi connectivity index (χ0n) is 15.1. The number of ether oxygens (including phenoxy) is 1. The molecule has 138 valence electrons. The zero-order chi connectivity index (χ0) is 18.2. The van der Waals surface area contributed by atoms with Gasteiger partial charge in [0.1, 0.15) is 5.75 Å². The lowest BCUT2D eigenvalue weighted by Crippen LogP contribution is -2.45. The third-order valence-electron chi connectivity index (χ3n) is 4.16. The molecule has 1 unspecified atom stereocenters. The van der Waals surface area contributed by atoms with Gasteiger partial charge in [-0.3, -0.25) is 4.79 Å². The van der Waals surface area contributed by atoms with E-state index < -0.39 is 0 Å². The molecule has 0 aromatic heterocycles. The smallest absolute Gasteiger partial charge is 0.222 e. The fourth-order valence-corrected chi connectivity index (χ4v) is 3.41. The second-order valence-electron chi connectivity index (χ2n) is 5.99. The molecule has 1 aromatic carbocycles. The van der Waals surface area contributed by atoms with Crippen LogP contribution in [0.4, 0.5) is 0 Å². The van der Waals surface area contributed by atoms with Crippen molar-refractivity contribution >= 4 is 27.8 Å². The first-order valence-corrected chi connectivity index (χ1v) is 9.51. The lowest BCUT2D eigenvalue weighted by Gasteiger charge is -2.18. The summed E-state index contributed by atoms with van der Waals surface area (Å²) in [5.41, 5.74) is 1.10. The summed E-state index contributed by atoms with van der Waals surface area (Å²) in [6, 6.07) is 6.20. The van der Waals surface area contributed by atoms with Crippen LogP contribution in [-0.4, -0.2) is 49.6 Å². The lowest BCUT2D eigenvalue weighted by atomic mass is 10.2. The van der Waals surface area contributed by atoms with E-state index in [1.165, 1.54) is 0 Å². The number of rotatable bonds is 6. The Balaban J connectivity index is 1.97. The molecule has 1 aliphatic heterocycles. The van der Waals surface area contributed by atoms with Gasteiger partial charge in [0, 0.05) is 32.1 Å². The predicted molar refractivity (Wildman–Crippen MR) is 104 cm³/mol. The van der Waals surface area contributed by atoms with Crippen LogP contribution in [0.5, 0.6) is 5.75 Å². The van der Waals surface area contributed by atoms with Gasteiger partial charge in [-0.05, 0) is 47.0 Å². The fraction of sp³-hybridized carbons (Fsp3) is 0.556. The Morgan fingerprint density at radius 2 is 2.24 bits per heavy atom. The second kappa shape index (κ2) is 9.65. The first-order valence-electron chi connectivity index (χ1n) is 8.72. The first-order chi connectivity index (χ1) is 12.1. The summed E-state index contributed by atoms with van der Waals surface area (Å²) in [6.45, 7) is 6.87. The second-order valence-corrected chi connectivity index (χ2v) is 6.84. The van der Waals surface area contributed by atoms with E-state index in [1.807, 2.05) is 36.9 Å². The zero-order valence-corrected chi connectivity index (χ0v) is 16.7. The number of aliphatic imine (C=N–C) groups is 1. The summed E-state index contributed by atoms with van der Waals surface area (Å²) >= 11 is 3.50. The number of nitrogens with zero attached hydrogens (tertiary/aromatic N) is 2. The summed E-state index contributed by atoms with van der Waals surface area (Å²) in [5, 5.41) is 6.72. The summed E-state index contributed by atoms with van der Waals surface area (Å²) < 4.78 is 6.17. The Hall–Kier alpha value is -1.76. The average molecular weight is 411 g/mol. The molecule has 1 saturated heterocycles. The molecular weight excluding hydrogens is 384 g/mol. The molecular formula is C18H27BrN4O2. The van der Waals surface area contributed by atoms with Gasteiger partial charge < -0.3 is 20.3 Å². The number of benzene rings is 1. The molecule has 25 heavy (non-hydrogen) atoms. The van der Waals surface area contributed by atoms with Crippen LogP contribution in [0.25, 0.3) is 0 Å². The Labute approximate surface area is 158 Å². The van der Waals surface area contributed by atoms with E-state index in [1.54, 1.807) is 7.11 Å². The molecule has 0 aliphatic carbocycles. The highest BCUT2D eigenvalue weighted by molar-refractivity contribution is 9.10. The normalized spacial score (nSPS) is 17.5. The Morgan fingerprint density at radius 1 is 1.44 bits per heavy atom. The lowest BCUT2D eigenvalue weighted by molar-refractivity contribution is -0.129. The molecule has 7 heteroatoms. The standard InChI is InChI=1S/C18H27BrN4O2/c1-4-17(24)23-9-8-14(12-23)22-18(20-5-2)21-11-13-6-7-16(25-3)15(19)10-13/h6-7,10,14H,4-5,8-9,11-12H2,1-3H3,(H2,20,21,22). The molecule has 6 nitrogen and oxygen atoms in total. The van der Waals surface area contributed by atoms with Gasteiger partial charge in [-0.15, -0.1) is 0 Å². The monoisotopic (exact) mass is 410 g/mol. The van der Waals surface area contributed by atoms with Gasteiger partial charge in [0.2, 0.25) is 5.91 Å². The minimum absolute atomic E-state index is 0.217. The third-order valence-corrected chi connectivity index (χ3v) is 4.78. The number of hydrogen-bond donors (Lipinski definition) is 2.